The van der Waals surface area contributed by atoms with Gasteiger partial charge in [-0.2, -0.15) is 0 Å². The third-order valence-corrected chi connectivity index (χ3v) is 3.55. The minimum Gasteiger partial charge on any atom is -0.478 e. The van der Waals surface area contributed by atoms with Gasteiger partial charge in [0.1, 0.15) is 0 Å². The highest BCUT2D eigenvalue weighted by molar-refractivity contribution is 5.85. The second-order valence-electron chi connectivity index (χ2n) is 4.30. The van der Waals surface area contributed by atoms with E-state index in [1.165, 1.54) is 0 Å². The zero-order valence-electron chi connectivity index (χ0n) is 9.92. The van der Waals surface area contributed by atoms with Crippen LogP contribution < -0.4 is 0 Å². The molecular weight excluding hydrogens is 176 g/mol. The van der Waals surface area contributed by atoms with Crippen LogP contribution in [0.15, 0.2) is 11.6 Å². The van der Waals surface area contributed by atoms with Gasteiger partial charge in [0.25, 0.3) is 0 Å². The quantitative estimate of drug-likeness (QED) is 0.687. The normalized spacial score (nSPS) is 15.4. The van der Waals surface area contributed by atoms with Crippen molar-refractivity contribution in [1.29, 1.82) is 0 Å². The third-order valence-electron chi connectivity index (χ3n) is 3.55. The molecule has 0 aromatic carbocycles. The van der Waals surface area contributed by atoms with Gasteiger partial charge in [0.15, 0.2) is 0 Å². The Morgan fingerprint density at radius 3 is 2.14 bits per heavy atom. The maximum absolute atomic E-state index is 10.7. The molecule has 0 saturated carbocycles. The summed E-state index contributed by atoms with van der Waals surface area (Å²) < 4.78 is 0. The molecule has 2 nitrogen and oxygen atoms in total. The lowest BCUT2D eigenvalue weighted by molar-refractivity contribution is -0.132. The number of hydrogen-bond donors (Lipinski definition) is 1. The van der Waals surface area contributed by atoms with Gasteiger partial charge in [-0.05, 0) is 18.3 Å². The number of carboxylic acid groups (broad SMARTS) is 1. The van der Waals surface area contributed by atoms with Crippen molar-refractivity contribution in [2.24, 2.45) is 11.3 Å². The zero-order valence-corrected chi connectivity index (χ0v) is 9.92. The molecule has 14 heavy (non-hydrogen) atoms. The SMILES string of the molecule is CCC(C)(CC)C(C)C=C(C)C(=O)O. The summed E-state index contributed by atoms with van der Waals surface area (Å²) in [6.07, 6.45) is 4.03. The highest BCUT2D eigenvalue weighted by atomic mass is 16.4. The van der Waals surface area contributed by atoms with Crippen LogP contribution in [0.25, 0.3) is 0 Å². The van der Waals surface area contributed by atoms with Gasteiger partial charge < -0.3 is 5.11 Å². The van der Waals surface area contributed by atoms with Crippen molar-refractivity contribution in [3.05, 3.63) is 11.6 Å². The van der Waals surface area contributed by atoms with Crippen LogP contribution in [0.1, 0.15) is 47.5 Å². The molecule has 0 saturated heterocycles. The molecule has 0 heterocycles. The summed E-state index contributed by atoms with van der Waals surface area (Å²) in [7, 11) is 0. The number of carbonyl (C=O) groups is 1. The highest BCUT2D eigenvalue weighted by Crippen LogP contribution is 2.35. The lowest BCUT2D eigenvalue weighted by Crippen LogP contribution is -2.22. The number of hydrogen-bond acceptors (Lipinski definition) is 1. The Morgan fingerprint density at radius 2 is 1.86 bits per heavy atom. The summed E-state index contributed by atoms with van der Waals surface area (Å²) in [6, 6.07) is 0. The number of rotatable bonds is 5. The topological polar surface area (TPSA) is 37.3 Å². The van der Waals surface area contributed by atoms with E-state index in [0.29, 0.717) is 11.5 Å². The Labute approximate surface area is 87.0 Å². The van der Waals surface area contributed by atoms with E-state index in [0.717, 1.165) is 12.8 Å². The first-order valence-electron chi connectivity index (χ1n) is 5.29. The second kappa shape index (κ2) is 5.18. The fourth-order valence-corrected chi connectivity index (χ4v) is 1.54. The molecule has 0 rings (SSSR count). The van der Waals surface area contributed by atoms with Gasteiger partial charge in [-0.15, -0.1) is 0 Å². The average Bonchev–Trinajstić information content (AvgIpc) is 2.16. The van der Waals surface area contributed by atoms with Gasteiger partial charge in [-0.25, -0.2) is 4.79 Å². The van der Waals surface area contributed by atoms with E-state index in [1.807, 2.05) is 6.08 Å². The second-order valence-corrected chi connectivity index (χ2v) is 4.30. The molecule has 0 aromatic heterocycles. The molecule has 1 unspecified atom stereocenters. The van der Waals surface area contributed by atoms with Crippen LogP contribution in [0, 0.1) is 11.3 Å². The molecule has 2 heteroatoms. The molecule has 0 aliphatic carbocycles. The molecule has 82 valence electrons. The molecule has 0 fully saturated rings. The minimum atomic E-state index is -0.814. The molecular formula is C12H22O2. The largest absolute Gasteiger partial charge is 0.478 e. The van der Waals surface area contributed by atoms with E-state index < -0.39 is 5.97 Å². The predicted molar refractivity (Wildman–Crippen MR) is 59.2 cm³/mol. The predicted octanol–water partition coefficient (Wildman–Crippen LogP) is 3.48. The molecule has 0 aromatic rings. The van der Waals surface area contributed by atoms with Crippen LogP contribution in [-0.2, 0) is 4.79 Å². The Balaban J connectivity index is 4.69. The monoisotopic (exact) mass is 198 g/mol. The maximum atomic E-state index is 10.7. The number of allylic oxidation sites excluding steroid dienone is 1. The van der Waals surface area contributed by atoms with Crippen LogP contribution in [0.2, 0.25) is 0 Å². The van der Waals surface area contributed by atoms with Gasteiger partial charge in [0.2, 0.25) is 0 Å². The molecule has 0 spiro atoms. The fourth-order valence-electron chi connectivity index (χ4n) is 1.54. The van der Waals surface area contributed by atoms with Gasteiger partial charge in [0, 0.05) is 5.57 Å². The minimum absolute atomic E-state index is 0.219. The van der Waals surface area contributed by atoms with Crippen molar-refractivity contribution >= 4 is 5.97 Å². The highest BCUT2D eigenvalue weighted by Gasteiger charge is 2.26. The van der Waals surface area contributed by atoms with E-state index in [1.54, 1.807) is 6.92 Å². The molecule has 0 aliphatic heterocycles. The van der Waals surface area contributed by atoms with Gasteiger partial charge in [-0.3, -0.25) is 0 Å². The van der Waals surface area contributed by atoms with Crippen molar-refractivity contribution in [2.75, 3.05) is 0 Å². The first-order chi connectivity index (χ1) is 6.37. The maximum Gasteiger partial charge on any atom is 0.330 e. The molecule has 0 radical (unpaired) electrons. The van der Waals surface area contributed by atoms with Crippen LogP contribution in [-0.4, -0.2) is 11.1 Å². The molecule has 0 bridgehead atoms. The Kier molecular flexibility index (Phi) is 4.89. The summed E-state index contributed by atoms with van der Waals surface area (Å²) in [5.74, 6) is -0.500. The van der Waals surface area contributed by atoms with E-state index in [4.69, 9.17) is 5.11 Å². The van der Waals surface area contributed by atoms with Crippen molar-refractivity contribution in [3.8, 4) is 0 Å². The van der Waals surface area contributed by atoms with Crippen LogP contribution in [0.4, 0.5) is 0 Å². The fraction of sp³-hybridized carbons (Fsp3) is 0.750. The van der Waals surface area contributed by atoms with Gasteiger partial charge in [-0.1, -0.05) is 46.6 Å². The van der Waals surface area contributed by atoms with Crippen molar-refractivity contribution in [2.45, 2.75) is 47.5 Å². The zero-order chi connectivity index (χ0) is 11.4. The van der Waals surface area contributed by atoms with Crippen LogP contribution in [0.5, 0.6) is 0 Å². The van der Waals surface area contributed by atoms with E-state index in [9.17, 15) is 4.79 Å². The van der Waals surface area contributed by atoms with E-state index in [-0.39, 0.29) is 5.41 Å². The summed E-state index contributed by atoms with van der Waals surface area (Å²) in [5.41, 5.74) is 0.669. The Hall–Kier alpha value is -0.790. The van der Waals surface area contributed by atoms with Gasteiger partial charge >= 0.3 is 5.97 Å². The van der Waals surface area contributed by atoms with Crippen LogP contribution in [0.3, 0.4) is 0 Å². The summed E-state index contributed by atoms with van der Waals surface area (Å²) in [5, 5.41) is 8.77. The molecule has 0 aliphatic rings. The van der Waals surface area contributed by atoms with Gasteiger partial charge in [0.05, 0.1) is 0 Å². The number of carboxylic acids is 1. The van der Waals surface area contributed by atoms with Crippen molar-refractivity contribution in [1.82, 2.24) is 0 Å². The standard InChI is InChI=1S/C12H22O2/c1-6-12(5,7-2)10(4)8-9(3)11(13)14/h8,10H,6-7H2,1-5H3,(H,13,14). The number of aliphatic carboxylic acids is 1. The van der Waals surface area contributed by atoms with Crippen molar-refractivity contribution in [3.63, 3.8) is 0 Å². The van der Waals surface area contributed by atoms with Crippen LogP contribution >= 0.6 is 0 Å². The smallest absolute Gasteiger partial charge is 0.330 e. The van der Waals surface area contributed by atoms with E-state index >= 15 is 0 Å². The Bertz CT molecular complexity index is 224. The first-order valence-corrected chi connectivity index (χ1v) is 5.29. The summed E-state index contributed by atoms with van der Waals surface area (Å²) in [6.45, 7) is 10.3. The first kappa shape index (κ1) is 13.2. The average molecular weight is 198 g/mol. The molecule has 0 amide bonds. The molecule has 1 atom stereocenters. The third kappa shape index (κ3) is 3.17. The molecule has 1 N–H and O–H groups in total. The lowest BCUT2D eigenvalue weighted by atomic mass is 9.73. The summed E-state index contributed by atoms with van der Waals surface area (Å²) in [4.78, 5) is 10.7. The summed E-state index contributed by atoms with van der Waals surface area (Å²) >= 11 is 0. The van der Waals surface area contributed by atoms with Crippen molar-refractivity contribution < 1.29 is 9.90 Å². The van der Waals surface area contributed by atoms with E-state index in [2.05, 4.69) is 27.7 Å². The lowest BCUT2D eigenvalue weighted by Gasteiger charge is -2.32. The Morgan fingerprint density at radius 1 is 1.43 bits per heavy atom.